The molecular weight excluding hydrogens is 258 g/mol. The molecule has 0 saturated carbocycles. The number of benzene rings is 3. The molecule has 0 amide bonds. The van der Waals surface area contributed by atoms with Gasteiger partial charge >= 0.3 is 0 Å². The van der Waals surface area contributed by atoms with Gasteiger partial charge in [0, 0.05) is 51.4 Å². The van der Waals surface area contributed by atoms with Gasteiger partial charge in [-0.1, -0.05) is 42.5 Å². The first-order valence-electron chi connectivity index (χ1n) is 5.92. The maximum absolute atomic E-state index is 2.31. The van der Waals surface area contributed by atoms with Crippen LogP contribution in [-0.2, 0) is 0 Å². The fourth-order valence-electron chi connectivity index (χ4n) is 2.66. The summed E-state index contributed by atoms with van der Waals surface area (Å²) in [5.41, 5.74) is 2.79. The minimum atomic E-state index is 0. The van der Waals surface area contributed by atoms with E-state index in [0.29, 0.717) is 0 Å². The second-order valence-corrected chi connectivity index (χ2v) is 5.49. The van der Waals surface area contributed by atoms with E-state index in [-0.39, 0.29) is 51.4 Å². The molecule has 0 atom stereocenters. The van der Waals surface area contributed by atoms with Crippen LogP contribution in [0.5, 0.6) is 0 Å². The van der Waals surface area contributed by atoms with Gasteiger partial charge in [-0.05, 0) is 46.5 Å². The molecule has 0 bridgehead atoms. The summed E-state index contributed by atoms with van der Waals surface area (Å²) < 4.78 is 1.36. The normalized spacial score (nSPS) is 10.6. The summed E-state index contributed by atoms with van der Waals surface area (Å²) in [4.78, 5) is 0. The molecule has 3 rings (SSSR count). The third-order valence-corrected chi connectivity index (χ3v) is 4.07. The monoisotopic (exact) mass is 272 g/mol. The second kappa shape index (κ2) is 5.77. The molecule has 0 unspecified atom stereocenters. The summed E-state index contributed by atoms with van der Waals surface area (Å²) in [6.45, 7) is 4.45. The molecule has 0 N–H and O–H groups in total. The van der Waals surface area contributed by atoms with E-state index in [0.717, 1.165) is 0 Å². The Morgan fingerprint density at radius 1 is 0.722 bits per heavy atom. The molecule has 0 heterocycles. The van der Waals surface area contributed by atoms with Crippen LogP contribution >= 0.6 is 0 Å². The Bertz CT molecular complexity index is 732. The van der Waals surface area contributed by atoms with Gasteiger partial charge in [-0.3, -0.25) is 0 Å². The van der Waals surface area contributed by atoms with E-state index in [1.807, 2.05) is 16.3 Å². The second-order valence-electron chi connectivity index (χ2n) is 4.68. The smallest absolute Gasteiger partial charge is 0.129 e. The van der Waals surface area contributed by atoms with Crippen molar-refractivity contribution in [3.05, 3.63) is 53.6 Å². The summed E-state index contributed by atoms with van der Waals surface area (Å²) in [6, 6.07) is 15.5. The largest absolute Gasteiger partial charge is 0.223 e. The molecule has 18 heavy (non-hydrogen) atoms. The number of hydrogen-bond donors (Lipinski definition) is 0. The van der Waals surface area contributed by atoms with E-state index < -0.39 is 0 Å². The van der Waals surface area contributed by atoms with Gasteiger partial charge in [-0.25, -0.2) is 0 Å². The summed E-state index contributed by atoms with van der Waals surface area (Å²) >= 11 is 1.95. The Kier molecular flexibility index (Phi) is 4.73. The fraction of sp³-hybridized carbons (Fsp3) is 0.125. The average Bonchev–Trinajstić information content (AvgIpc) is 2.36. The SMILES string of the molecule is Cc1c2ccccc2c(C)c2c[c]([AlH])ccc12.[K]. The molecule has 82 valence electrons. The minimum Gasteiger partial charge on any atom is -0.129 e. The van der Waals surface area contributed by atoms with E-state index in [2.05, 4.69) is 56.3 Å². The molecule has 0 aliphatic carbocycles. The first-order chi connectivity index (χ1) is 8.18. The molecular formula is C16H14AlK. The van der Waals surface area contributed by atoms with E-state index in [1.165, 1.54) is 37.1 Å². The number of fused-ring (bicyclic) bond motifs is 2. The zero-order chi connectivity index (χ0) is 12.0. The molecule has 0 aliphatic heterocycles. The molecule has 3 aromatic rings. The predicted octanol–water partition coefficient (Wildman–Crippen LogP) is 2.76. The van der Waals surface area contributed by atoms with Crippen LogP contribution in [0.15, 0.2) is 42.5 Å². The van der Waals surface area contributed by atoms with Gasteiger partial charge in [0.2, 0.25) is 16.3 Å². The molecule has 0 saturated heterocycles. The Hall–Kier alpha value is 0.349. The van der Waals surface area contributed by atoms with Gasteiger partial charge < -0.3 is 0 Å². The summed E-state index contributed by atoms with van der Waals surface area (Å²) in [6.07, 6.45) is 0. The van der Waals surface area contributed by atoms with Crippen LogP contribution in [0, 0.1) is 13.8 Å². The van der Waals surface area contributed by atoms with Crippen molar-refractivity contribution in [3.8, 4) is 0 Å². The molecule has 2 heteroatoms. The van der Waals surface area contributed by atoms with Crippen LogP contribution in [0.25, 0.3) is 21.5 Å². The third kappa shape index (κ3) is 2.37. The molecule has 0 fully saturated rings. The molecule has 0 spiro atoms. The number of rotatable bonds is 0. The van der Waals surface area contributed by atoms with E-state index >= 15 is 0 Å². The maximum atomic E-state index is 2.31. The number of hydrogen-bond acceptors (Lipinski definition) is 0. The van der Waals surface area contributed by atoms with Crippen molar-refractivity contribution in [2.24, 2.45) is 0 Å². The van der Waals surface area contributed by atoms with Crippen molar-refractivity contribution in [1.82, 2.24) is 0 Å². The summed E-state index contributed by atoms with van der Waals surface area (Å²) in [7, 11) is 0. The van der Waals surface area contributed by atoms with Crippen LogP contribution in [0.4, 0.5) is 0 Å². The van der Waals surface area contributed by atoms with E-state index in [9.17, 15) is 0 Å². The van der Waals surface area contributed by atoms with Crippen LogP contribution in [0.1, 0.15) is 11.1 Å². The summed E-state index contributed by atoms with van der Waals surface area (Å²) in [5.74, 6) is 0. The molecule has 2 radical (unpaired) electrons. The van der Waals surface area contributed by atoms with Gasteiger partial charge in [0.15, 0.2) is 0 Å². The van der Waals surface area contributed by atoms with E-state index in [1.54, 1.807) is 0 Å². The fourth-order valence-corrected chi connectivity index (χ4v) is 2.98. The van der Waals surface area contributed by atoms with Crippen LogP contribution in [0.2, 0.25) is 0 Å². The van der Waals surface area contributed by atoms with Gasteiger partial charge in [-0.15, -0.1) is 4.43 Å². The van der Waals surface area contributed by atoms with Crippen LogP contribution < -0.4 is 4.43 Å². The quantitative estimate of drug-likeness (QED) is 0.436. The third-order valence-electron chi connectivity index (χ3n) is 3.63. The molecule has 0 aliphatic rings. The van der Waals surface area contributed by atoms with Gasteiger partial charge in [0.25, 0.3) is 0 Å². The van der Waals surface area contributed by atoms with E-state index in [4.69, 9.17) is 0 Å². The van der Waals surface area contributed by atoms with Gasteiger partial charge in [0.05, 0.1) is 0 Å². The Labute approximate surface area is 159 Å². The molecule has 3 aromatic carbocycles. The Balaban J connectivity index is 0.00000120. The Morgan fingerprint density at radius 2 is 1.22 bits per heavy atom. The van der Waals surface area contributed by atoms with Crippen molar-refractivity contribution >= 4 is 93.6 Å². The maximum Gasteiger partial charge on any atom is 0.223 e. The molecule has 0 nitrogen and oxygen atoms in total. The number of aryl methyl sites for hydroxylation is 2. The van der Waals surface area contributed by atoms with Crippen molar-refractivity contribution in [2.45, 2.75) is 13.8 Å². The van der Waals surface area contributed by atoms with Crippen LogP contribution in [0.3, 0.4) is 0 Å². The zero-order valence-corrected chi connectivity index (χ0v) is 15.8. The van der Waals surface area contributed by atoms with Gasteiger partial charge in [-0.2, -0.15) is 0 Å². The summed E-state index contributed by atoms with van der Waals surface area (Å²) in [5, 5.41) is 5.54. The van der Waals surface area contributed by atoms with Crippen molar-refractivity contribution in [2.75, 3.05) is 0 Å². The zero-order valence-electron chi connectivity index (χ0n) is 11.2. The van der Waals surface area contributed by atoms with Crippen molar-refractivity contribution < 1.29 is 0 Å². The molecule has 0 aromatic heterocycles. The predicted molar refractivity (Wildman–Crippen MR) is 83.5 cm³/mol. The average molecular weight is 272 g/mol. The van der Waals surface area contributed by atoms with Crippen LogP contribution in [-0.4, -0.2) is 67.7 Å². The van der Waals surface area contributed by atoms with Gasteiger partial charge in [0.1, 0.15) is 0 Å². The van der Waals surface area contributed by atoms with Crippen molar-refractivity contribution in [1.29, 1.82) is 0 Å². The first kappa shape index (κ1) is 14.8. The topological polar surface area (TPSA) is 0 Å². The first-order valence-corrected chi connectivity index (χ1v) is 6.63. The standard InChI is InChI=1S/C16H13.Al.K.H/c1-11-13-7-3-5-9-15(13)12(2)16-10-6-4-8-14(11)16;;;/h3-5,7-10H,1-2H3;;;. The Morgan fingerprint density at radius 3 is 1.83 bits per heavy atom. The van der Waals surface area contributed by atoms with Crippen molar-refractivity contribution in [3.63, 3.8) is 0 Å². The minimum absolute atomic E-state index is 0.